The van der Waals surface area contributed by atoms with E-state index in [1.165, 1.54) is 5.56 Å². The van der Waals surface area contributed by atoms with E-state index in [4.69, 9.17) is 37.9 Å². The topological polar surface area (TPSA) is 163 Å². The van der Waals surface area contributed by atoms with E-state index in [2.05, 4.69) is 16.9 Å². The first-order chi connectivity index (χ1) is 12.2. The molecule has 0 unspecified atom stereocenters. The van der Waals surface area contributed by atoms with Gasteiger partial charge in [0, 0.05) is 26.7 Å². The lowest BCUT2D eigenvalue weighted by Crippen LogP contribution is -2.10. The molecule has 1 aromatic carbocycles. The number of hydrogen-bond acceptors (Lipinski definition) is 8. The average Bonchev–Trinajstić information content (AvgIpc) is 2.65. The molecule has 1 rings (SSSR count). The minimum atomic E-state index is 0.0833. The van der Waals surface area contributed by atoms with Crippen molar-refractivity contribution in [1.29, 1.82) is 0 Å². The van der Waals surface area contributed by atoms with Crippen molar-refractivity contribution in [3.05, 3.63) is 35.9 Å². The Bertz CT molecular complexity index is 298. The smallest absolute Gasteiger partial charge is 0.0698 e. The fourth-order valence-corrected chi connectivity index (χ4v) is 1.18. The first-order valence-corrected chi connectivity index (χ1v) is 8.30. The molecule has 1 aromatic rings. The Balaban J connectivity index is -0.000000273. The van der Waals surface area contributed by atoms with Crippen molar-refractivity contribution in [2.75, 3.05) is 66.3 Å². The van der Waals surface area contributed by atoms with Crippen molar-refractivity contribution in [2.45, 2.75) is 6.42 Å². The molecule has 150 valence electrons. The molecule has 8 heteroatoms. The molecule has 0 aliphatic heterocycles. The summed E-state index contributed by atoms with van der Waals surface area (Å²) in [4.78, 5) is 0. The molecule has 10 N–H and O–H groups in total. The maximum atomic E-state index is 8.13. The Morgan fingerprint density at radius 2 is 1.32 bits per heavy atom. The standard InChI is InChI=1S/C8H11N.C4H11NO2.C3H9NO.C2H7NO/c9-7-6-8-4-2-1-3-5-8;5-1-3-7-4-2-6;1-5-3-2-4;3-1-2-4/h1-5H,6-7,9H2;6H,1-5H2;2-4H2,1H3;4H,1-3H2. The summed E-state index contributed by atoms with van der Waals surface area (Å²) < 4.78 is 9.32. The van der Waals surface area contributed by atoms with E-state index in [1.807, 2.05) is 18.2 Å². The average molecular weight is 363 g/mol. The minimum absolute atomic E-state index is 0.0833. The van der Waals surface area contributed by atoms with E-state index in [9.17, 15) is 0 Å². The molecule has 0 bridgehead atoms. The summed E-state index contributed by atoms with van der Waals surface area (Å²) in [6.45, 7) is 4.05. The number of nitrogens with two attached hydrogens (primary N) is 4. The van der Waals surface area contributed by atoms with Crippen LogP contribution >= 0.6 is 0 Å². The van der Waals surface area contributed by atoms with Gasteiger partial charge in [-0.3, -0.25) is 0 Å². The highest BCUT2D eigenvalue weighted by Gasteiger charge is 1.84. The summed E-state index contributed by atoms with van der Waals surface area (Å²) in [5, 5.41) is 15.9. The molecule has 0 aromatic heterocycles. The third kappa shape index (κ3) is 35.0. The van der Waals surface area contributed by atoms with Crippen LogP contribution in [0.2, 0.25) is 0 Å². The Labute approximate surface area is 152 Å². The van der Waals surface area contributed by atoms with Crippen LogP contribution in [0.3, 0.4) is 0 Å². The van der Waals surface area contributed by atoms with Crippen LogP contribution in [0.1, 0.15) is 5.56 Å². The molecule has 0 fully saturated rings. The Kier molecular flexibility index (Phi) is 35.3. The zero-order valence-corrected chi connectivity index (χ0v) is 15.5. The lowest BCUT2D eigenvalue weighted by molar-refractivity contribution is 0.0976. The summed E-state index contributed by atoms with van der Waals surface area (Å²) >= 11 is 0. The number of aliphatic hydroxyl groups excluding tert-OH is 2. The fraction of sp³-hybridized carbons (Fsp3) is 0.647. The summed E-state index contributed by atoms with van der Waals surface area (Å²) in [6, 6.07) is 10.3. The predicted octanol–water partition coefficient (Wildman–Crippen LogP) is -1.33. The van der Waals surface area contributed by atoms with Gasteiger partial charge in [-0.05, 0) is 18.5 Å². The maximum Gasteiger partial charge on any atom is 0.0698 e. The van der Waals surface area contributed by atoms with Gasteiger partial charge in [0.05, 0.1) is 33.0 Å². The van der Waals surface area contributed by atoms with Crippen molar-refractivity contribution in [3.8, 4) is 0 Å². The monoisotopic (exact) mass is 362 g/mol. The number of hydrogen-bond donors (Lipinski definition) is 6. The van der Waals surface area contributed by atoms with Gasteiger partial charge in [-0.1, -0.05) is 30.3 Å². The zero-order valence-electron chi connectivity index (χ0n) is 15.5. The van der Waals surface area contributed by atoms with Gasteiger partial charge < -0.3 is 42.6 Å². The first-order valence-electron chi connectivity index (χ1n) is 8.30. The molecule has 0 spiro atoms. The van der Waals surface area contributed by atoms with Gasteiger partial charge in [-0.2, -0.15) is 0 Å². The lowest BCUT2D eigenvalue weighted by atomic mass is 10.2. The van der Waals surface area contributed by atoms with Gasteiger partial charge >= 0.3 is 0 Å². The molecule has 0 atom stereocenters. The quantitative estimate of drug-likeness (QED) is 0.294. The molecule has 0 aliphatic rings. The van der Waals surface area contributed by atoms with Gasteiger partial charge in [0.15, 0.2) is 0 Å². The minimum Gasteiger partial charge on any atom is -0.395 e. The van der Waals surface area contributed by atoms with E-state index >= 15 is 0 Å². The molecule has 0 saturated heterocycles. The normalized spacial score (nSPS) is 8.92. The second-order valence-corrected chi connectivity index (χ2v) is 4.44. The van der Waals surface area contributed by atoms with Crippen molar-refractivity contribution < 1.29 is 19.7 Å². The molecule has 0 amide bonds. The number of benzene rings is 1. The summed E-state index contributed by atoms with van der Waals surface area (Å²) in [7, 11) is 1.63. The zero-order chi connectivity index (χ0) is 19.6. The summed E-state index contributed by atoms with van der Waals surface area (Å²) in [5.74, 6) is 0. The molecule has 0 heterocycles. The van der Waals surface area contributed by atoms with Crippen LogP contribution in [0.4, 0.5) is 0 Å². The predicted molar refractivity (Wildman–Crippen MR) is 103 cm³/mol. The lowest BCUT2D eigenvalue weighted by Gasteiger charge is -1.95. The number of methoxy groups -OCH3 is 1. The molecule has 0 aliphatic carbocycles. The van der Waals surface area contributed by atoms with E-state index < -0.39 is 0 Å². The fourth-order valence-electron chi connectivity index (χ4n) is 1.18. The third-order valence-corrected chi connectivity index (χ3v) is 2.22. The van der Waals surface area contributed by atoms with Crippen molar-refractivity contribution in [3.63, 3.8) is 0 Å². The van der Waals surface area contributed by atoms with Crippen LogP contribution < -0.4 is 22.9 Å². The van der Waals surface area contributed by atoms with Crippen LogP contribution in [0.15, 0.2) is 30.3 Å². The largest absolute Gasteiger partial charge is 0.395 e. The highest BCUT2D eigenvalue weighted by atomic mass is 16.5. The Hall–Kier alpha value is -1.10. The van der Waals surface area contributed by atoms with E-state index in [0.29, 0.717) is 39.5 Å². The second kappa shape index (κ2) is 30.7. The number of rotatable bonds is 9. The van der Waals surface area contributed by atoms with Crippen LogP contribution in [0.25, 0.3) is 0 Å². The van der Waals surface area contributed by atoms with Gasteiger partial charge in [0.1, 0.15) is 0 Å². The number of ether oxygens (including phenoxy) is 2. The van der Waals surface area contributed by atoms with Crippen LogP contribution in [0, 0.1) is 0 Å². The van der Waals surface area contributed by atoms with Gasteiger partial charge in [0.2, 0.25) is 0 Å². The van der Waals surface area contributed by atoms with E-state index in [1.54, 1.807) is 7.11 Å². The molecular weight excluding hydrogens is 324 g/mol. The maximum absolute atomic E-state index is 8.13. The summed E-state index contributed by atoms with van der Waals surface area (Å²) in [5.41, 5.74) is 21.5. The third-order valence-electron chi connectivity index (χ3n) is 2.22. The molecule has 25 heavy (non-hydrogen) atoms. The van der Waals surface area contributed by atoms with Crippen molar-refractivity contribution in [2.24, 2.45) is 22.9 Å². The Morgan fingerprint density at radius 3 is 1.64 bits per heavy atom. The van der Waals surface area contributed by atoms with E-state index in [-0.39, 0.29) is 13.2 Å². The molecular formula is C17H38N4O4. The van der Waals surface area contributed by atoms with Crippen molar-refractivity contribution in [1.82, 2.24) is 0 Å². The van der Waals surface area contributed by atoms with Crippen LogP contribution in [-0.4, -0.2) is 76.5 Å². The van der Waals surface area contributed by atoms with Gasteiger partial charge in [0.25, 0.3) is 0 Å². The first kappa shape index (κ1) is 28.7. The van der Waals surface area contributed by atoms with E-state index in [0.717, 1.165) is 13.0 Å². The number of aliphatic hydroxyl groups is 2. The Morgan fingerprint density at radius 1 is 0.760 bits per heavy atom. The van der Waals surface area contributed by atoms with Crippen molar-refractivity contribution >= 4 is 0 Å². The second-order valence-electron chi connectivity index (χ2n) is 4.44. The molecule has 8 nitrogen and oxygen atoms in total. The highest BCUT2D eigenvalue weighted by molar-refractivity contribution is 5.14. The SMILES string of the molecule is COCCN.NCCO.NCCOCCO.NCCc1ccccc1. The van der Waals surface area contributed by atoms with Crippen LogP contribution in [0.5, 0.6) is 0 Å². The van der Waals surface area contributed by atoms with Gasteiger partial charge in [-0.15, -0.1) is 0 Å². The molecule has 0 saturated carbocycles. The molecule has 0 radical (unpaired) electrons. The summed E-state index contributed by atoms with van der Waals surface area (Å²) in [6.07, 6.45) is 0.987. The van der Waals surface area contributed by atoms with Crippen LogP contribution in [-0.2, 0) is 15.9 Å². The highest BCUT2D eigenvalue weighted by Crippen LogP contribution is 1.96. The van der Waals surface area contributed by atoms with Gasteiger partial charge in [-0.25, -0.2) is 0 Å².